The van der Waals surface area contributed by atoms with Crippen molar-refractivity contribution < 1.29 is 0 Å². The molecule has 2 heterocycles. The maximum Gasteiger partial charge on any atom is 0.113 e. The van der Waals surface area contributed by atoms with Gasteiger partial charge < -0.3 is 0 Å². The average Bonchev–Trinajstić information content (AvgIpc) is 3.37. The topological polar surface area (TPSA) is 43.6 Å². The van der Waals surface area contributed by atoms with Crippen LogP contribution in [0.3, 0.4) is 0 Å². The van der Waals surface area contributed by atoms with Crippen LogP contribution < -0.4 is 0 Å². The number of benzene rings is 2. The molecule has 4 heteroatoms. The van der Waals surface area contributed by atoms with E-state index in [-0.39, 0.29) is 0 Å². The maximum absolute atomic E-state index is 5.05. The molecule has 2 aliphatic rings. The smallest absolute Gasteiger partial charge is 0.113 e. The van der Waals surface area contributed by atoms with Crippen molar-refractivity contribution in [2.24, 2.45) is 0 Å². The molecule has 0 spiro atoms. The molecule has 4 nitrogen and oxygen atoms in total. The standard InChI is InChI=1S/C26H24N4/c1-16-7-8-18-9-10-19-11-12-20-15-25(30-24-6-4-3-5-23(24)28-29-30)17(2)27-22(20)14-13-21(16)26(18)19/h3-8,11-12,15,19H,9-10,13-14H2,1-2H3/b12-11+. The van der Waals surface area contributed by atoms with Gasteiger partial charge in [-0.1, -0.05) is 41.6 Å². The zero-order valence-corrected chi connectivity index (χ0v) is 17.4. The fraction of sp³-hybridized carbons (Fsp3) is 0.269. The first-order chi connectivity index (χ1) is 14.7. The van der Waals surface area contributed by atoms with Crippen LogP contribution in [-0.2, 0) is 19.3 Å². The molecular formula is C26H24N4. The van der Waals surface area contributed by atoms with Gasteiger partial charge >= 0.3 is 0 Å². The Labute approximate surface area is 176 Å². The number of aryl methyl sites for hydroxylation is 4. The van der Waals surface area contributed by atoms with E-state index >= 15 is 0 Å². The van der Waals surface area contributed by atoms with Gasteiger partial charge in [0.25, 0.3) is 0 Å². The van der Waals surface area contributed by atoms with Gasteiger partial charge in [-0.15, -0.1) is 5.10 Å². The summed E-state index contributed by atoms with van der Waals surface area (Å²) in [7, 11) is 0. The highest BCUT2D eigenvalue weighted by atomic mass is 15.4. The number of hydrogen-bond acceptors (Lipinski definition) is 3. The average molecular weight is 393 g/mol. The van der Waals surface area contributed by atoms with Gasteiger partial charge in [-0.25, -0.2) is 4.68 Å². The summed E-state index contributed by atoms with van der Waals surface area (Å²) in [5, 5.41) is 8.75. The van der Waals surface area contributed by atoms with E-state index in [1.807, 2.05) is 22.9 Å². The van der Waals surface area contributed by atoms with Gasteiger partial charge in [-0.3, -0.25) is 4.98 Å². The molecular weight excluding hydrogens is 368 g/mol. The Balaban J connectivity index is 1.49. The van der Waals surface area contributed by atoms with Crippen LogP contribution in [0.2, 0.25) is 0 Å². The van der Waals surface area contributed by atoms with Crippen LogP contribution in [0.25, 0.3) is 22.8 Å². The zero-order chi connectivity index (χ0) is 20.2. The second-order valence-corrected chi connectivity index (χ2v) is 8.56. The van der Waals surface area contributed by atoms with Gasteiger partial charge in [0, 0.05) is 11.6 Å². The normalized spacial score (nSPS) is 18.4. The van der Waals surface area contributed by atoms with Gasteiger partial charge in [-0.2, -0.15) is 0 Å². The number of rotatable bonds is 1. The summed E-state index contributed by atoms with van der Waals surface area (Å²) in [5.74, 6) is 0.512. The summed E-state index contributed by atoms with van der Waals surface area (Å²) in [6, 6.07) is 15.0. The van der Waals surface area contributed by atoms with E-state index in [4.69, 9.17) is 4.98 Å². The summed E-state index contributed by atoms with van der Waals surface area (Å²) in [6.45, 7) is 4.33. The van der Waals surface area contributed by atoms with Crippen molar-refractivity contribution in [3.8, 4) is 5.69 Å². The van der Waals surface area contributed by atoms with Crippen molar-refractivity contribution in [1.29, 1.82) is 0 Å². The fourth-order valence-corrected chi connectivity index (χ4v) is 5.21. The molecule has 0 radical (unpaired) electrons. The Hall–Kier alpha value is -3.27. The lowest BCUT2D eigenvalue weighted by Gasteiger charge is -2.15. The fourth-order valence-electron chi connectivity index (χ4n) is 5.21. The maximum atomic E-state index is 5.05. The molecule has 2 aliphatic carbocycles. The van der Waals surface area contributed by atoms with E-state index in [0.717, 1.165) is 35.3 Å². The number of para-hydroxylation sites is 1. The van der Waals surface area contributed by atoms with Crippen molar-refractivity contribution in [1.82, 2.24) is 20.0 Å². The lowest BCUT2D eigenvalue weighted by atomic mass is 9.90. The first-order valence-electron chi connectivity index (χ1n) is 10.8. The van der Waals surface area contributed by atoms with Crippen LogP contribution in [0.15, 0.2) is 48.5 Å². The molecule has 2 aromatic carbocycles. The van der Waals surface area contributed by atoms with Crippen LogP contribution in [0.1, 0.15) is 51.5 Å². The number of allylic oxidation sites excluding steroid dienone is 1. The molecule has 148 valence electrons. The molecule has 1 unspecified atom stereocenters. The molecule has 0 bridgehead atoms. The molecule has 4 aromatic rings. The monoisotopic (exact) mass is 392 g/mol. The molecule has 0 N–H and O–H groups in total. The molecule has 0 fully saturated rings. The summed E-state index contributed by atoms with van der Waals surface area (Å²) in [6.07, 6.45) is 9.10. The second-order valence-electron chi connectivity index (χ2n) is 8.56. The predicted molar refractivity (Wildman–Crippen MR) is 120 cm³/mol. The number of pyridine rings is 1. The number of hydrogen-bond donors (Lipinski definition) is 0. The van der Waals surface area contributed by atoms with E-state index in [1.54, 1.807) is 11.1 Å². The molecule has 0 aliphatic heterocycles. The summed E-state index contributed by atoms with van der Waals surface area (Å²) < 4.78 is 1.92. The third-order valence-electron chi connectivity index (χ3n) is 6.78. The SMILES string of the molecule is Cc1ccc2c3c1CCc1nc(C)c(-n4nnc5ccccc54)cc1/C=C/C3CC2. The Morgan fingerprint density at radius 1 is 1.00 bits per heavy atom. The lowest BCUT2D eigenvalue weighted by Crippen LogP contribution is -2.07. The zero-order valence-electron chi connectivity index (χ0n) is 17.4. The number of fused-ring (bicyclic) bond motifs is 2. The van der Waals surface area contributed by atoms with Gasteiger partial charge in [0.05, 0.1) is 16.9 Å². The molecule has 0 saturated carbocycles. The third kappa shape index (κ3) is 2.63. The Kier molecular flexibility index (Phi) is 3.88. The van der Waals surface area contributed by atoms with Crippen LogP contribution in [0.5, 0.6) is 0 Å². The number of aromatic nitrogens is 4. The van der Waals surface area contributed by atoms with Crippen molar-refractivity contribution in [3.63, 3.8) is 0 Å². The minimum absolute atomic E-state index is 0.512. The summed E-state index contributed by atoms with van der Waals surface area (Å²) in [5.41, 5.74) is 12.4. The van der Waals surface area contributed by atoms with Crippen LogP contribution >= 0.6 is 0 Å². The third-order valence-corrected chi connectivity index (χ3v) is 6.78. The largest absolute Gasteiger partial charge is 0.255 e. The van der Waals surface area contributed by atoms with E-state index in [9.17, 15) is 0 Å². The first-order valence-corrected chi connectivity index (χ1v) is 10.8. The Morgan fingerprint density at radius 2 is 1.90 bits per heavy atom. The van der Waals surface area contributed by atoms with Gasteiger partial charge in [0.15, 0.2) is 0 Å². The Morgan fingerprint density at radius 3 is 2.83 bits per heavy atom. The highest BCUT2D eigenvalue weighted by Crippen LogP contribution is 2.40. The van der Waals surface area contributed by atoms with Crippen LogP contribution in [0, 0.1) is 13.8 Å². The molecule has 30 heavy (non-hydrogen) atoms. The van der Waals surface area contributed by atoms with Crippen molar-refractivity contribution in [2.45, 2.75) is 45.4 Å². The minimum Gasteiger partial charge on any atom is -0.255 e. The van der Waals surface area contributed by atoms with Gasteiger partial charge in [0.2, 0.25) is 0 Å². The molecule has 2 aromatic heterocycles. The summed E-state index contributed by atoms with van der Waals surface area (Å²) >= 11 is 0. The van der Waals surface area contributed by atoms with E-state index < -0.39 is 0 Å². The quantitative estimate of drug-likeness (QED) is 0.443. The predicted octanol–water partition coefficient (Wildman–Crippen LogP) is 5.27. The number of nitrogens with zero attached hydrogens (tertiary/aromatic N) is 4. The van der Waals surface area contributed by atoms with Gasteiger partial charge in [-0.05, 0) is 85.5 Å². The summed E-state index contributed by atoms with van der Waals surface area (Å²) in [4.78, 5) is 5.05. The van der Waals surface area contributed by atoms with Crippen LogP contribution in [-0.4, -0.2) is 20.0 Å². The van der Waals surface area contributed by atoms with E-state index in [2.05, 4.69) is 60.6 Å². The highest BCUT2D eigenvalue weighted by Gasteiger charge is 2.26. The first kappa shape index (κ1) is 17.6. The van der Waals surface area contributed by atoms with E-state index in [0.29, 0.717) is 5.92 Å². The van der Waals surface area contributed by atoms with E-state index in [1.165, 1.54) is 35.2 Å². The molecule has 1 atom stereocenters. The van der Waals surface area contributed by atoms with Crippen LogP contribution in [0.4, 0.5) is 0 Å². The lowest BCUT2D eigenvalue weighted by molar-refractivity contribution is 0.798. The van der Waals surface area contributed by atoms with Gasteiger partial charge in [0.1, 0.15) is 5.52 Å². The minimum atomic E-state index is 0.512. The molecule has 0 saturated heterocycles. The van der Waals surface area contributed by atoms with Crippen molar-refractivity contribution in [3.05, 3.63) is 87.7 Å². The Bertz CT molecular complexity index is 1330. The highest BCUT2D eigenvalue weighted by molar-refractivity contribution is 5.76. The van der Waals surface area contributed by atoms with Crippen molar-refractivity contribution >= 4 is 17.1 Å². The molecule has 6 rings (SSSR count). The van der Waals surface area contributed by atoms with Crippen molar-refractivity contribution in [2.75, 3.05) is 0 Å². The second kappa shape index (κ2) is 6.63. The molecule has 0 amide bonds.